The molecular formula is C15H20N2O4S. The maximum Gasteiger partial charge on any atom is 0.244 e. The first-order chi connectivity index (χ1) is 10.4. The first-order valence-corrected chi connectivity index (χ1v) is 8.97. The Morgan fingerprint density at radius 2 is 2.09 bits per heavy atom. The van der Waals surface area contributed by atoms with E-state index in [2.05, 4.69) is 10.0 Å². The Hall–Kier alpha value is -1.86. The molecule has 1 fully saturated rings. The standard InChI is InChI=1S/C15H20N2O4S/c1-22(19,20)17-13-7-4-12(5-8-13)6-9-15(18)16-11-14-3-2-10-21-14/h4-9,14,17H,2-3,10-11H2,1H3,(H,16,18)/b9-6+. The van der Waals surface area contributed by atoms with Crippen LogP contribution in [0.25, 0.3) is 6.08 Å². The molecule has 0 spiro atoms. The molecule has 2 N–H and O–H groups in total. The minimum absolute atomic E-state index is 0.124. The number of hydrogen-bond acceptors (Lipinski definition) is 4. The highest BCUT2D eigenvalue weighted by Crippen LogP contribution is 2.12. The Labute approximate surface area is 130 Å². The van der Waals surface area contributed by atoms with E-state index >= 15 is 0 Å². The molecule has 0 aliphatic carbocycles. The van der Waals surface area contributed by atoms with Crippen LogP contribution in [-0.2, 0) is 19.6 Å². The smallest absolute Gasteiger partial charge is 0.244 e. The number of anilines is 1. The summed E-state index contributed by atoms with van der Waals surface area (Å²) in [6.07, 6.45) is 6.38. The highest BCUT2D eigenvalue weighted by atomic mass is 32.2. The third kappa shape index (κ3) is 5.87. The second-order valence-corrected chi connectivity index (χ2v) is 6.96. The van der Waals surface area contributed by atoms with Crippen LogP contribution in [0.1, 0.15) is 18.4 Å². The number of hydrogen-bond donors (Lipinski definition) is 2. The number of amides is 1. The predicted molar refractivity (Wildman–Crippen MR) is 85.9 cm³/mol. The number of sulfonamides is 1. The van der Waals surface area contributed by atoms with Crippen LogP contribution in [0.2, 0.25) is 0 Å². The lowest BCUT2D eigenvalue weighted by Gasteiger charge is -2.08. The average Bonchev–Trinajstić information content (AvgIpc) is 2.96. The maximum absolute atomic E-state index is 11.7. The molecule has 7 heteroatoms. The van der Waals surface area contributed by atoms with Crippen LogP contribution >= 0.6 is 0 Å². The van der Waals surface area contributed by atoms with Crippen molar-refractivity contribution in [3.8, 4) is 0 Å². The fourth-order valence-electron chi connectivity index (χ4n) is 2.13. The molecular weight excluding hydrogens is 304 g/mol. The molecule has 22 heavy (non-hydrogen) atoms. The Kier molecular flexibility index (Phi) is 5.57. The van der Waals surface area contributed by atoms with E-state index in [0.29, 0.717) is 12.2 Å². The van der Waals surface area contributed by atoms with Crippen molar-refractivity contribution in [2.75, 3.05) is 24.1 Å². The summed E-state index contributed by atoms with van der Waals surface area (Å²) >= 11 is 0. The Bertz CT molecular complexity index is 632. The van der Waals surface area contributed by atoms with Gasteiger partial charge in [-0.1, -0.05) is 12.1 Å². The van der Waals surface area contributed by atoms with Crippen LogP contribution in [-0.4, -0.2) is 39.8 Å². The van der Waals surface area contributed by atoms with Gasteiger partial charge >= 0.3 is 0 Å². The fraction of sp³-hybridized carbons (Fsp3) is 0.400. The molecule has 1 heterocycles. The zero-order valence-corrected chi connectivity index (χ0v) is 13.2. The van der Waals surface area contributed by atoms with E-state index in [1.807, 2.05) is 0 Å². The third-order valence-corrected chi connectivity index (χ3v) is 3.78. The summed E-state index contributed by atoms with van der Waals surface area (Å²) in [5.74, 6) is -0.172. The zero-order valence-electron chi connectivity index (χ0n) is 12.4. The predicted octanol–water partition coefficient (Wildman–Crippen LogP) is 1.37. The lowest BCUT2D eigenvalue weighted by molar-refractivity contribution is -0.116. The van der Waals surface area contributed by atoms with E-state index in [-0.39, 0.29) is 12.0 Å². The summed E-state index contributed by atoms with van der Waals surface area (Å²) in [4.78, 5) is 11.7. The van der Waals surface area contributed by atoms with Gasteiger partial charge in [-0.3, -0.25) is 9.52 Å². The van der Waals surface area contributed by atoms with E-state index in [0.717, 1.165) is 31.3 Å². The van der Waals surface area contributed by atoms with Crippen molar-refractivity contribution in [3.63, 3.8) is 0 Å². The van der Waals surface area contributed by atoms with Gasteiger partial charge in [-0.2, -0.15) is 0 Å². The van der Waals surface area contributed by atoms with Gasteiger partial charge < -0.3 is 10.1 Å². The van der Waals surface area contributed by atoms with Crippen LogP contribution in [0, 0.1) is 0 Å². The van der Waals surface area contributed by atoms with Crippen molar-refractivity contribution in [3.05, 3.63) is 35.9 Å². The number of nitrogens with one attached hydrogen (secondary N) is 2. The van der Waals surface area contributed by atoms with Crippen molar-refractivity contribution in [1.82, 2.24) is 5.32 Å². The first-order valence-electron chi connectivity index (χ1n) is 7.08. The second-order valence-electron chi connectivity index (χ2n) is 5.21. The van der Waals surface area contributed by atoms with Gasteiger partial charge in [-0.25, -0.2) is 8.42 Å². The van der Waals surface area contributed by atoms with Gasteiger partial charge in [0.05, 0.1) is 12.4 Å². The molecule has 0 saturated carbocycles. The zero-order chi connectivity index (χ0) is 16.0. The quantitative estimate of drug-likeness (QED) is 0.774. The average molecular weight is 324 g/mol. The summed E-state index contributed by atoms with van der Waals surface area (Å²) in [5, 5.41) is 2.79. The highest BCUT2D eigenvalue weighted by Gasteiger charge is 2.15. The van der Waals surface area contributed by atoms with Gasteiger partial charge in [0.2, 0.25) is 15.9 Å². The Morgan fingerprint density at radius 3 is 2.68 bits per heavy atom. The molecule has 1 amide bonds. The van der Waals surface area contributed by atoms with E-state index in [9.17, 15) is 13.2 Å². The molecule has 0 radical (unpaired) electrons. The van der Waals surface area contributed by atoms with Gasteiger partial charge in [0.15, 0.2) is 0 Å². The minimum Gasteiger partial charge on any atom is -0.376 e. The van der Waals surface area contributed by atoms with E-state index in [1.165, 1.54) is 6.08 Å². The molecule has 1 atom stereocenters. The van der Waals surface area contributed by atoms with Crippen molar-refractivity contribution in [1.29, 1.82) is 0 Å². The van der Waals surface area contributed by atoms with E-state index in [1.54, 1.807) is 30.3 Å². The SMILES string of the molecule is CS(=O)(=O)Nc1ccc(/C=C/C(=O)NCC2CCCO2)cc1. The fourth-order valence-corrected chi connectivity index (χ4v) is 2.69. The molecule has 1 aromatic rings. The lowest BCUT2D eigenvalue weighted by Crippen LogP contribution is -2.30. The van der Waals surface area contributed by atoms with Crippen LogP contribution in [0.4, 0.5) is 5.69 Å². The molecule has 1 aromatic carbocycles. The Morgan fingerprint density at radius 1 is 1.36 bits per heavy atom. The highest BCUT2D eigenvalue weighted by molar-refractivity contribution is 7.92. The van der Waals surface area contributed by atoms with Gasteiger partial charge in [0, 0.05) is 24.9 Å². The van der Waals surface area contributed by atoms with Crippen molar-refractivity contribution in [2.24, 2.45) is 0 Å². The normalized spacial score (nSPS) is 18.5. The first kappa shape index (κ1) is 16.5. The van der Waals surface area contributed by atoms with Crippen molar-refractivity contribution in [2.45, 2.75) is 18.9 Å². The second kappa shape index (κ2) is 7.42. The molecule has 120 valence electrons. The monoisotopic (exact) mass is 324 g/mol. The molecule has 1 aliphatic heterocycles. The maximum atomic E-state index is 11.7. The molecule has 0 bridgehead atoms. The van der Waals surface area contributed by atoms with Gasteiger partial charge in [-0.15, -0.1) is 0 Å². The number of carbonyl (C=O) groups excluding carboxylic acids is 1. The van der Waals surface area contributed by atoms with Crippen LogP contribution in [0.15, 0.2) is 30.3 Å². The minimum atomic E-state index is -3.28. The third-order valence-electron chi connectivity index (χ3n) is 3.17. The summed E-state index contributed by atoms with van der Waals surface area (Å²) in [7, 11) is -3.28. The van der Waals surface area contributed by atoms with Crippen LogP contribution in [0.5, 0.6) is 0 Å². The van der Waals surface area contributed by atoms with E-state index < -0.39 is 10.0 Å². The van der Waals surface area contributed by atoms with Crippen molar-refractivity contribution >= 4 is 27.7 Å². The van der Waals surface area contributed by atoms with Gasteiger partial charge in [0.1, 0.15) is 0 Å². The van der Waals surface area contributed by atoms with Crippen LogP contribution < -0.4 is 10.0 Å². The number of rotatable bonds is 6. The summed E-state index contributed by atoms with van der Waals surface area (Å²) < 4.78 is 30.0. The largest absolute Gasteiger partial charge is 0.376 e. The van der Waals surface area contributed by atoms with Crippen LogP contribution in [0.3, 0.4) is 0 Å². The number of benzene rings is 1. The number of carbonyl (C=O) groups is 1. The van der Waals surface area contributed by atoms with Gasteiger partial charge in [-0.05, 0) is 36.6 Å². The summed E-state index contributed by atoms with van der Waals surface area (Å²) in [6.45, 7) is 1.30. The van der Waals surface area contributed by atoms with Gasteiger partial charge in [0.25, 0.3) is 0 Å². The molecule has 2 rings (SSSR count). The molecule has 0 aromatic heterocycles. The molecule has 1 unspecified atom stereocenters. The lowest BCUT2D eigenvalue weighted by atomic mass is 10.2. The molecule has 1 aliphatic rings. The molecule has 1 saturated heterocycles. The van der Waals surface area contributed by atoms with E-state index in [4.69, 9.17) is 4.74 Å². The Balaban J connectivity index is 1.82. The summed E-state index contributed by atoms with van der Waals surface area (Å²) in [5.41, 5.74) is 1.30. The summed E-state index contributed by atoms with van der Waals surface area (Å²) in [6, 6.07) is 6.75. The van der Waals surface area contributed by atoms with Crippen molar-refractivity contribution < 1.29 is 17.9 Å². The molecule has 6 nitrogen and oxygen atoms in total. The topological polar surface area (TPSA) is 84.5 Å². The number of ether oxygens (including phenoxy) is 1.